The third-order valence-corrected chi connectivity index (χ3v) is 7.61. The molecule has 0 amide bonds. The average molecular weight is 358 g/mol. The van der Waals surface area contributed by atoms with Gasteiger partial charge in [-0.3, -0.25) is 9.59 Å². The predicted molar refractivity (Wildman–Crippen MR) is 80.6 cm³/mol. The Balaban J connectivity index is 1.97. The lowest BCUT2D eigenvalue weighted by Crippen LogP contribution is -2.59. The molecule has 2 nitrogen and oxygen atoms in total. The molecule has 0 radical (unpaired) electrons. The fourth-order valence-electron chi connectivity index (χ4n) is 5.48. The van der Waals surface area contributed by atoms with Crippen molar-refractivity contribution in [3.05, 3.63) is 0 Å². The van der Waals surface area contributed by atoms with Gasteiger partial charge in [0.25, 0.3) is 0 Å². The molecule has 4 rings (SSSR count). The molecule has 112 valence electrons. The molecule has 0 spiro atoms. The fourth-order valence-corrected chi connectivity index (χ4v) is 6.45. The van der Waals surface area contributed by atoms with E-state index >= 15 is 0 Å². The maximum absolute atomic E-state index is 11.6. The highest BCUT2D eigenvalue weighted by Crippen LogP contribution is 2.68. The molecule has 2 unspecified atom stereocenters. The molecule has 6 heteroatoms. The van der Waals surface area contributed by atoms with Crippen LogP contribution in [0.4, 0.5) is 0 Å². The highest BCUT2D eigenvalue weighted by Gasteiger charge is 2.63. The molecule has 4 fully saturated rings. The Morgan fingerprint density at radius 3 is 1.50 bits per heavy atom. The van der Waals surface area contributed by atoms with Gasteiger partial charge in [-0.2, -0.15) is 0 Å². The molecule has 0 saturated heterocycles. The summed E-state index contributed by atoms with van der Waals surface area (Å²) in [5.41, 5.74) is -0.603. The van der Waals surface area contributed by atoms with Gasteiger partial charge in [-0.25, -0.2) is 0 Å². The summed E-state index contributed by atoms with van der Waals surface area (Å²) in [6.07, 6.45) is 5.49. The highest BCUT2D eigenvalue weighted by molar-refractivity contribution is 6.69. The Bertz CT molecular complexity index is 412. The molecule has 4 aliphatic rings. The molecule has 0 heterocycles. The topological polar surface area (TPSA) is 34.1 Å². The first-order chi connectivity index (χ1) is 9.28. The first kappa shape index (κ1) is 15.4. The van der Waals surface area contributed by atoms with Crippen LogP contribution in [0.25, 0.3) is 0 Å². The summed E-state index contributed by atoms with van der Waals surface area (Å²) in [5, 5.41) is -2.37. The zero-order chi connectivity index (χ0) is 14.7. The first-order valence-electron chi connectivity index (χ1n) is 6.95. The van der Waals surface area contributed by atoms with E-state index in [1.807, 2.05) is 0 Å². The number of rotatable bonds is 4. The van der Waals surface area contributed by atoms with E-state index in [1.54, 1.807) is 0 Å². The maximum Gasteiger partial charge on any atom is 0.240 e. The second-order valence-corrected chi connectivity index (χ2v) is 8.64. The summed E-state index contributed by atoms with van der Waals surface area (Å²) >= 11 is 24.0. The largest absolute Gasteiger partial charge is 0.280 e. The highest BCUT2D eigenvalue weighted by atomic mass is 35.5. The summed E-state index contributed by atoms with van der Waals surface area (Å²) in [5.74, 6) is 0.955. The van der Waals surface area contributed by atoms with E-state index in [0.717, 1.165) is 32.1 Å². The number of carbonyl (C=O) groups is 2. The Morgan fingerprint density at radius 2 is 1.20 bits per heavy atom. The van der Waals surface area contributed by atoms with Crippen molar-refractivity contribution in [1.82, 2.24) is 0 Å². The van der Waals surface area contributed by atoms with E-state index in [9.17, 15) is 9.59 Å². The van der Waals surface area contributed by atoms with E-state index in [0.29, 0.717) is 18.3 Å². The minimum absolute atomic E-state index is 0.302. The zero-order valence-corrected chi connectivity index (χ0v) is 13.9. The average Bonchev–Trinajstić information content (AvgIpc) is 2.35. The van der Waals surface area contributed by atoms with Crippen LogP contribution in [0.5, 0.6) is 0 Å². The molecule has 0 aromatic rings. The van der Waals surface area contributed by atoms with E-state index in [4.69, 9.17) is 46.4 Å². The van der Waals surface area contributed by atoms with Crippen molar-refractivity contribution in [2.75, 3.05) is 0 Å². The molecule has 0 aliphatic heterocycles. The van der Waals surface area contributed by atoms with Gasteiger partial charge in [0.15, 0.2) is 0 Å². The summed E-state index contributed by atoms with van der Waals surface area (Å²) in [7, 11) is 0. The van der Waals surface area contributed by atoms with Crippen molar-refractivity contribution in [2.45, 2.75) is 49.3 Å². The first-order valence-corrected chi connectivity index (χ1v) is 8.58. The number of carbonyl (C=O) groups excluding carboxylic acids is 2. The molecule has 2 atom stereocenters. The lowest BCUT2D eigenvalue weighted by molar-refractivity contribution is -0.135. The molecular weight excluding hydrogens is 342 g/mol. The van der Waals surface area contributed by atoms with Crippen LogP contribution in [-0.2, 0) is 9.59 Å². The van der Waals surface area contributed by atoms with Gasteiger partial charge in [0.2, 0.25) is 10.5 Å². The number of hydrogen-bond donors (Lipinski definition) is 0. The van der Waals surface area contributed by atoms with E-state index < -0.39 is 21.2 Å². The lowest BCUT2D eigenvalue weighted by atomic mass is 9.43. The van der Waals surface area contributed by atoms with Gasteiger partial charge in [-0.1, -0.05) is 0 Å². The number of halogens is 4. The minimum Gasteiger partial charge on any atom is -0.280 e. The van der Waals surface area contributed by atoms with Gasteiger partial charge in [-0.15, -0.1) is 23.2 Å². The molecule has 0 aromatic carbocycles. The van der Waals surface area contributed by atoms with Crippen LogP contribution in [-0.4, -0.2) is 21.2 Å². The van der Waals surface area contributed by atoms with Gasteiger partial charge in [0.05, 0.1) is 0 Å². The van der Waals surface area contributed by atoms with Gasteiger partial charge >= 0.3 is 0 Å². The number of hydrogen-bond acceptors (Lipinski definition) is 2. The van der Waals surface area contributed by atoms with Crippen LogP contribution in [0.15, 0.2) is 0 Å². The smallest absolute Gasteiger partial charge is 0.240 e. The van der Waals surface area contributed by atoms with Gasteiger partial charge in [-0.05, 0) is 84.4 Å². The normalized spacial score (nSPS) is 45.2. The molecule has 4 aliphatic carbocycles. The monoisotopic (exact) mass is 356 g/mol. The Labute approximate surface area is 138 Å². The van der Waals surface area contributed by atoms with Gasteiger partial charge < -0.3 is 0 Å². The van der Waals surface area contributed by atoms with Crippen molar-refractivity contribution < 1.29 is 9.59 Å². The minimum atomic E-state index is -0.691. The third kappa shape index (κ3) is 2.22. The van der Waals surface area contributed by atoms with E-state index in [2.05, 4.69) is 0 Å². The van der Waals surface area contributed by atoms with Crippen LogP contribution in [0.1, 0.15) is 38.5 Å². The van der Waals surface area contributed by atoms with E-state index in [-0.39, 0.29) is 10.8 Å². The summed E-state index contributed by atoms with van der Waals surface area (Å²) < 4.78 is 0. The van der Waals surface area contributed by atoms with Crippen molar-refractivity contribution in [3.63, 3.8) is 0 Å². The molecular formula is C14H16Cl4O2. The summed E-state index contributed by atoms with van der Waals surface area (Å²) in [4.78, 5) is 23.1. The van der Waals surface area contributed by atoms with Gasteiger partial charge in [0.1, 0.15) is 10.8 Å². The number of alkyl halides is 2. The summed E-state index contributed by atoms with van der Waals surface area (Å²) in [6, 6.07) is 0. The third-order valence-electron chi connectivity index (χ3n) is 5.63. The second kappa shape index (κ2) is 5.01. The standard InChI is InChI=1S/C14H16Cl4O2/c15-9(11(17)19)13-2-7-1-8(4-13)5-14(3-7,6-13)10(16)12(18)20/h7-10H,1-6H2. The van der Waals surface area contributed by atoms with Crippen LogP contribution in [0.2, 0.25) is 0 Å². The quantitative estimate of drug-likeness (QED) is 0.554. The molecule has 0 aromatic heterocycles. The van der Waals surface area contributed by atoms with E-state index in [1.165, 1.54) is 0 Å². The van der Waals surface area contributed by atoms with Crippen molar-refractivity contribution in [1.29, 1.82) is 0 Å². The Morgan fingerprint density at radius 1 is 0.850 bits per heavy atom. The lowest BCUT2D eigenvalue weighted by Gasteiger charge is -2.63. The van der Waals surface area contributed by atoms with Gasteiger partial charge in [0, 0.05) is 0 Å². The van der Waals surface area contributed by atoms with Crippen LogP contribution in [0, 0.1) is 22.7 Å². The zero-order valence-electron chi connectivity index (χ0n) is 10.9. The Kier molecular flexibility index (Phi) is 3.86. The Hall–Kier alpha value is 0.500. The van der Waals surface area contributed by atoms with Crippen LogP contribution < -0.4 is 0 Å². The van der Waals surface area contributed by atoms with Crippen molar-refractivity contribution in [2.24, 2.45) is 22.7 Å². The van der Waals surface area contributed by atoms with Crippen LogP contribution in [0.3, 0.4) is 0 Å². The van der Waals surface area contributed by atoms with Crippen molar-refractivity contribution in [3.8, 4) is 0 Å². The summed E-state index contributed by atoms with van der Waals surface area (Å²) in [6.45, 7) is 0. The van der Waals surface area contributed by atoms with Crippen LogP contribution >= 0.6 is 46.4 Å². The molecule has 4 saturated carbocycles. The molecule has 4 bridgehead atoms. The molecule has 20 heavy (non-hydrogen) atoms. The predicted octanol–water partition coefficient (Wildman–Crippen LogP) is 4.32. The SMILES string of the molecule is O=C(Cl)C(Cl)C12CC3CC(C1)CC(C(Cl)C(=O)Cl)(C3)C2. The second-order valence-electron chi connectivity index (χ2n) is 7.02. The fraction of sp³-hybridized carbons (Fsp3) is 0.857. The van der Waals surface area contributed by atoms with Crippen molar-refractivity contribution >= 4 is 56.9 Å². The molecule has 0 N–H and O–H groups in total. The maximum atomic E-state index is 11.6.